The van der Waals surface area contributed by atoms with Crippen molar-refractivity contribution in [3.63, 3.8) is 0 Å². The maximum Gasteiger partial charge on any atom is 0.130 e. The van der Waals surface area contributed by atoms with Gasteiger partial charge in [-0.2, -0.15) is 5.10 Å². The Morgan fingerprint density at radius 3 is 2.47 bits per heavy atom. The fraction of sp³-hybridized carbons (Fsp3) is 0.438. The Kier molecular flexibility index (Phi) is 2.66. The van der Waals surface area contributed by atoms with Crippen molar-refractivity contribution in [1.82, 2.24) is 9.78 Å². The molecule has 1 saturated carbocycles. The van der Waals surface area contributed by atoms with Crippen LogP contribution in [-0.2, 0) is 6.42 Å². The van der Waals surface area contributed by atoms with Gasteiger partial charge in [0, 0.05) is 11.5 Å². The average Bonchev–Trinajstić information content (AvgIpc) is 2.90. The molecule has 0 aliphatic heterocycles. The van der Waals surface area contributed by atoms with Crippen LogP contribution < -0.4 is 5.73 Å². The molecule has 1 unspecified atom stereocenters. The van der Waals surface area contributed by atoms with Crippen LogP contribution in [0.5, 0.6) is 0 Å². The van der Waals surface area contributed by atoms with Gasteiger partial charge in [-0.15, -0.1) is 0 Å². The molecular formula is C16H21N3. The molecule has 0 saturated heterocycles. The number of nitrogen functional groups attached to an aromatic ring is 1. The summed E-state index contributed by atoms with van der Waals surface area (Å²) >= 11 is 0. The minimum absolute atomic E-state index is 0.381. The number of hydrogen-bond donors (Lipinski definition) is 1. The molecule has 0 bridgehead atoms. The van der Waals surface area contributed by atoms with E-state index in [1.807, 2.05) is 35.0 Å². The number of benzene rings is 1. The fourth-order valence-electron chi connectivity index (χ4n) is 2.82. The average molecular weight is 255 g/mol. The molecule has 1 aliphatic carbocycles. The van der Waals surface area contributed by atoms with E-state index in [4.69, 9.17) is 10.8 Å². The van der Waals surface area contributed by atoms with Crippen molar-refractivity contribution in [3.05, 3.63) is 41.6 Å². The maximum absolute atomic E-state index is 6.30. The second-order valence-electron chi connectivity index (χ2n) is 6.10. The van der Waals surface area contributed by atoms with Gasteiger partial charge in [-0.3, -0.25) is 0 Å². The zero-order valence-corrected chi connectivity index (χ0v) is 11.9. The van der Waals surface area contributed by atoms with Crippen LogP contribution in [-0.4, -0.2) is 9.78 Å². The van der Waals surface area contributed by atoms with Crippen molar-refractivity contribution < 1.29 is 0 Å². The van der Waals surface area contributed by atoms with E-state index in [0.717, 1.165) is 17.9 Å². The number of anilines is 1. The van der Waals surface area contributed by atoms with Gasteiger partial charge in [0.25, 0.3) is 0 Å². The Morgan fingerprint density at radius 1 is 1.32 bits per heavy atom. The van der Waals surface area contributed by atoms with Crippen LogP contribution in [0.2, 0.25) is 0 Å². The lowest BCUT2D eigenvalue weighted by Crippen LogP contribution is -2.02. The van der Waals surface area contributed by atoms with Crippen LogP contribution in [0.4, 0.5) is 5.82 Å². The van der Waals surface area contributed by atoms with Crippen molar-refractivity contribution in [1.29, 1.82) is 0 Å². The van der Waals surface area contributed by atoms with Crippen LogP contribution in [0.3, 0.4) is 0 Å². The summed E-state index contributed by atoms with van der Waals surface area (Å²) in [6.07, 6.45) is 2.16. The highest BCUT2D eigenvalue weighted by atomic mass is 15.3. The summed E-state index contributed by atoms with van der Waals surface area (Å²) < 4.78 is 1.89. The van der Waals surface area contributed by atoms with Crippen molar-refractivity contribution in [2.75, 3.05) is 5.73 Å². The summed E-state index contributed by atoms with van der Waals surface area (Å²) in [5, 5.41) is 4.80. The van der Waals surface area contributed by atoms with Gasteiger partial charge in [0.15, 0.2) is 0 Å². The summed E-state index contributed by atoms with van der Waals surface area (Å²) in [5.41, 5.74) is 10.1. The molecular weight excluding hydrogens is 234 g/mol. The quantitative estimate of drug-likeness (QED) is 0.911. The molecule has 3 nitrogen and oxygen atoms in total. The summed E-state index contributed by atoms with van der Waals surface area (Å²) in [6.45, 7) is 6.76. The molecule has 1 heterocycles. The lowest BCUT2D eigenvalue weighted by Gasteiger charge is -2.03. The molecule has 2 N–H and O–H groups in total. The number of nitrogens with two attached hydrogens (primary N) is 1. The maximum atomic E-state index is 6.30. The molecule has 3 rings (SSSR count). The topological polar surface area (TPSA) is 43.8 Å². The first kappa shape index (κ1) is 12.3. The van der Waals surface area contributed by atoms with Crippen molar-refractivity contribution in [3.8, 4) is 5.69 Å². The monoisotopic (exact) mass is 255 g/mol. The fourth-order valence-corrected chi connectivity index (χ4v) is 2.82. The number of hydrogen-bond acceptors (Lipinski definition) is 2. The number of rotatable bonds is 3. The number of aromatic nitrogens is 2. The lowest BCUT2D eigenvalue weighted by atomic mass is 10.0. The Balaban J connectivity index is 2.08. The molecule has 1 aromatic heterocycles. The second kappa shape index (κ2) is 4.12. The van der Waals surface area contributed by atoms with Gasteiger partial charge in [-0.25, -0.2) is 4.68 Å². The van der Waals surface area contributed by atoms with Gasteiger partial charge in [-0.05, 0) is 30.4 Å². The van der Waals surface area contributed by atoms with E-state index in [0.29, 0.717) is 11.3 Å². The van der Waals surface area contributed by atoms with E-state index < -0.39 is 0 Å². The third kappa shape index (κ3) is 1.93. The summed E-state index contributed by atoms with van der Waals surface area (Å²) in [5.74, 6) is 1.36. The summed E-state index contributed by atoms with van der Waals surface area (Å²) in [4.78, 5) is 0. The molecule has 19 heavy (non-hydrogen) atoms. The molecule has 0 amide bonds. The zero-order valence-electron chi connectivity index (χ0n) is 11.9. The van der Waals surface area contributed by atoms with E-state index in [1.54, 1.807) is 0 Å². The molecule has 0 spiro atoms. The van der Waals surface area contributed by atoms with E-state index >= 15 is 0 Å². The molecule has 1 fully saturated rings. The lowest BCUT2D eigenvalue weighted by molar-refractivity contribution is 0.611. The highest BCUT2D eigenvalue weighted by Crippen LogP contribution is 2.59. The molecule has 1 aromatic carbocycles. The molecule has 100 valence electrons. The third-order valence-corrected chi connectivity index (χ3v) is 4.25. The first-order chi connectivity index (χ1) is 9.04. The van der Waals surface area contributed by atoms with Crippen LogP contribution in [0.25, 0.3) is 5.69 Å². The van der Waals surface area contributed by atoms with E-state index in [1.165, 1.54) is 17.7 Å². The van der Waals surface area contributed by atoms with E-state index in [-0.39, 0.29) is 0 Å². The van der Waals surface area contributed by atoms with Crippen LogP contribution in [0.1, 0.15) is 44.4 Å². The molecule has 0 radical (unpaired) electrons. The van der Waals surface area contributed by atoms with E-state index in [9.17, 15) is 0 Å². The minimum atomic E-state index is 0.381. The third-order valence-electron chi connectivity index (χ3n) is 4.25. The molecule has 1 atom stereocenters. The van der Waals surface area contributed by atoms with Gasteiger partial charge in [0.05, 0.1) is 11.4 Å². The summed E-state index contributed by atoms with van der Waals surface area (Å²) in [6, 6.07) is 10.1. The van der Waals surface area contributed by atoms with Crippen LogP contribution in [0, 0.1) is 5.41 Å². The Hall–Kier alpha value is -1.77. The minimum Gasteiger partial charge on any atom is -0.383 e. The van der Waals surface area contributed by atoms with Gasteiger partial charge in [-0.1, -0.05) is 39.0 Å². The Morgan fingerprint density at radius 2 is 1.95 bits per heavy atom. The van der Waals surface area contributed by atoms with E-state index in [2.05, 4.69) is 20.8 Å². The number of nitrogens with zero attached hydrogens (tertiary/aromatic N) is 2. The zero-order chi connectivity index (χ0) is 13.6. The van der Waals surface area contributed by atoms with Gasteiger partial charge >= 0.3 is 0 Å². The summed E-state index contributed by atoms with van der Waals surface area (Å²) in [7, 11) is 0. The smallest absolute Gasteiger partial charge is 0.130 e. The number of para-hydroxylation sites is 1. The van der Waals surface area contributed by atoms with Gasteiger partial charge in [0.1, 0.15) is 5.82 Å². The Bertz CT molecular complexity index is 596. The molecule has 1 aliphatic rings. The first-order valence-corrected chi connectivity index (χ1v) is 6.97. The molecule has 2 aromatic rings. The SMILES string of the molecule is CCc1c(C2CC2(C)C)nn(-c2ccccc2)c1N. The molecule has 3 heteroatoms. The normalized spacial score (nSPS) is 20.5. The second-order valence-corrected chi connectivity index (χ2v) is 6.10. The van der Waals surface area contributed by atoms with Crippen LogP contribution in [0.15, 0.2) is 30.3 Å². The van der Waals surface area contributed by atoms with Crippen molar-refractivity contribution >= 4 is 5.82 Å². The standard InChI is InChI=1S/C16H21N3/c1-4-12-14(13-10-16(13,2)3)18-19(15(12)17)11-8-6-5-7-9-11/h5-9,13H,4,10,17H2,1-3H3. The van der Waals surface area contributed by atoms with Crippen LogP contribution >= 0.6 is 0 Å². The highest BCUT2D eigenvalue weighted by molar-refractivity contribution is 5.52. The van der Waals surface area contributed by atoms with Gasteiger partial charge < -0.3 is 5.73 Å². The van der Waals surface area contributed by atoms with Crippen molar-refractivity contribution in [2.45, 2.75) is 39.5 Å². The Labute approximate surface area is 114 Å². The highest BCUT2D eigenvalue weighted by Gasteiger charge is 2.49. The predicted molar refractivity (Wildman–Crippen MR) is 78.5 cm³/mol. The first-order valence-electron chi connectivity index (χ1n) is 6.97. The van der Waals surface area contributed by atoms with Gasteiger partial charge in [0.2, 0.25) is 0 Å². The van der Waals surface area contributed by atoms with Crippen molar-refractivity contribution in [2.24, 2.45) is 5.41 Å². The largest absolute Gasteiger partial charge is 0.383 e. The predicted octanol–water partition coefficient (Wildman–Crippen LogP) is 3.53.